The Morgan fingerprint density at radius 2 is 1.74 bits per heavy atom. The Kier molecular flexibility index (Phi) is 4.91. The van der Waals surface area contributed by atoms with E-state index in [1.807, 2.05) is 54.6 Å². The Bertz CT molecular complexity index is 690. The van der Waals surface area contributed by atoms with Crippen LogP contribution in [0.25, 0.3) is 22.8 Å². The molecule has 23 heavy (non-hydrogen) atoms. The summed E-state index contributed by atoms with van der Waals surface area (Å²) in [5, 5.41) is 12.2. The van der Waals surface area contributed by atoms with E-state index in [2.05, 4.69) is 20.3 Å². The summed E-state index contributed by atoms with van der Waals surface area (Å²) in [5.41, 5.74) is 2.53. The van der Waals surface area contributed by atoms with E-state index in [0.717, 1.165) is 22.8 Å². The van der Waals surface area contributed by atoms with E-state index in [-0.39, 0.29) is 6.61 Å². The minimum absolute atomic E-state index is 0.150. The lowest BCUT2D eigenvalue weighted by Gasteiger charge is -2.09. The first-order valence-electron chi connectivity index (χ1n) is 7.57. The van der Waals surface area contributed by atoms with Crippen molar-refractivity contribution < 1.29 is 5.11 Å². The fourth-order valence-electron chi connectivity index (χ4n) is 2.20. The molecule has 2 heterocycles. The molecule has 0 unspecified atom stereocenters. The highest BCUT2D eigenvalue weighted by molar-refractivity contribution is 5.65. The van der Waals surface area contributed by atoms with E-state index in [1.165, 1.54) is 0 Å². The Labute approximate surface area is 135 Å². The van der Waals surface area contributed by atoms with Crippen LogP contribution in [-0.4, -0.2) is 33.2 Å². The third kappa shape index (κ3) is 3.90. The third-order valence-corrected chi connectivity index (χ3v) is 3.33. The molecular formula is C18H18N4O. The normalized spacial score (nSPS) is 10.5. The molecule has 116 valence electrons. The minimum Gasteiger partial charge on any atom is -0.396 e. The summed E-state index contributed by atoms with van der Waals surface area (Å²) in [6.07, 6.45) is 2.42. The highest BCUT2D eigenvalue weighted by Crippen LogP contribution is 2.22. The van der Waals surface area contributed by atoms with Gasteiger partial charge in [-0.3, -0.25) is 4.98 Å². The van der Waals surface area contributed by atoms with Crippen molar-refractivity contribution in [3.63, 3.8) is 0 Å². The summed E-state index contributed by atoms with van der Waals surface area (Å²) >= 11 is 0. The zero-order valence-electron chi connectivity index (χ0n) is 12.7. The summed E-state index contributed by atoms with van der Waals surface area (Å²) < 4.78 is 0. The fourth-order valence-corrected chi connectivity index (χ4v) is 2.20. The molecule has 0 saturated carbocycles. The third-order valence-electron chi connectivity index (χ3n) is 3.33. The number of anilines is 1. The standard InChI is InChI=1S/C18H18N4O/c23-12-6-11-20-17-13-16(15-9-4-5-10-19-15)21-18(22-17)14-7-2-1-3-8-14/h1-5,7-10,13,23H,6,11-12H2,(H,20,21,22). The lowest BCUT2D eigenvalue weighted by Crippen LogP contribution is -2.07. The predicted molar refractivity (Wildman–Crippen MR) is 90.9 cm³/mol. The molecule has 5 heteroatoms. The maximum atomic E-state index is 8.93. The van der Waals surface area contributed by atoms with Crippen molar-refractivity contribution >= 4 is 5.82 Å². The van der Waals surface area contributed by atoms with Gasteiger partial charge in [-0.15, -0.1) is 0 Å². The number of nitrogens with one attached hydrogen (secondary N) is 1. The first-order valence-corrected chi connectivity index (χ1v) is 7.57. The lowest BCUT2D eigenvalue weighted by atomic mass is 10.2. The number of nitrogens with zero attached hydrogens (tertiary/aromatic N) is 3. The number of aliphatic hydroxyl groups excluding tert-OH is 1. The molecule has 0 amide bonds. The molecular weight excluding hydrogens is 288 g/mol. The molecule has 1 aromatic carbocycles. The summed E-state index contributed by atoms with van der Waals surface area (Å²) in [6, 6.07) is 17.5. The van der Waals surface area contributed by atoms with Gasteiger partial charge in [-0.05, 0) is 18.6 Å². The number of rotatable bonds is 6. The number of benzene rings is 1. The summed E-state index contributed by atoms with van der Waals surface area (Å²) in [5.74, 6) is 1.38. The van der Waals surface area contributed by atoms with Gasteiger partial charge in [0.15, 0.2) is 5.82 Å². The molecule has 0 aliphatic heterocycles. The number of aromatic nitrogens is 3. The van der Waals surface area contributed by atoms with E-state index in [4.69, 9.17) is 5.11 Å². The van der Waals surface area contributed by atoms with Crippen LogP contribution < -0.4 is 5.32 Å². The molecule has 3 rings (SSSR count). The smallest absolute Gasteiger partial charge is 0.162 e. The molecule has 5 nitrogen and oxygen atoms in total. The average molecular weight is 306 g/mol. The van der Waals surface area contributed by atoms with Crippen LogP contribution in [0.5, 0.6) is 0 Å². The van der Waals surface area contributed by atoms with Gasteiger partial charge in [-0.2, -0.15) is 0 Å². The van der Waals surface area contributed by atoms with E-state index >= 15 is 0 Å². The Morgan fingerprint density at radius 3 is 2.48 bits per heavy atom. The number of aliphatic hydroxyl groups is 1. The maximum Gasteiger partial charge on any atom is 0.162 e. The van der Waals surface area contributed by atoms with Crippen LogP contribution >= 0.6 is 0 Å². The van der Waals surface area contributed by atoms with Crippen LogP contribution in [0.3, 0.4) is 0 Å². The van der Waals surface area contributed by atoms with Crippen molar-refractivity contribution in [2.24, 2.45) is 0 Å². The second-order valence-corrected chi connectivity index (χ2v) is 5.05. The molecule has 0 radical (unpaired) electrons. The average Bonchev–Trinajstić information content (AvgIpc) is 2.63. The van der Waals surface area contributed by atoms with E-state index in [0.29, 0.717) is 18.8 Å². The predicted octanol–water partition coefficient (Wildman–Crippen LogP) is 3.00. The minimum atomic E-state index is 0.150. The fraction of sp³-hybridized carbons (Fsp3) is 0.167. The van der Waals surface area contributed by atoms with Gasteiger partial charge in [0.1, 0.15) is 5.82 Å². The van der Waals surface area contributed by atoms with Crippen LogP contribution in [0.2, 0.25) is 0 Å². The number of pyridine rings is 1. The van der Waals surface area contributed by atoms with Crippen molar-refractivity contribution in [1.29, 1.82) is 0 Å². The first kappa shape index (κ1) is 15.1. The molecule has 2 N–H and O–H groups in total. The van der Waals surface area contributed by atoms with Gasteiger partial charge >= 0.3 is 0 Å². The molecule has 0 aliphatic carbocycles. The van der Waals surface area contributed by atoms with Gasteiger partial charge in [0.25, 0.3) is 0 Å². The van der Waals surface area contributed by atoms with Gasteiger partial charge in [-0.1, -0.05) is 36.4 Å². The highest BCUT2D eigenvalue weighted by atomic mass is 16.3. The summed E-state index contributed by atoms with van der Waals surface area (Å²) in [7, 11) is 0. The Balaban J connectivity index is 2.00. The molecule has 3 aromatic rings. The summed E-state index contributed by atoms with van der Waals surface area (Å²) in [6.45, 7) is 0.806. The van der Waals surface area contributed by atoms with Gasteiger partial charge in [0.05, 0.1) is 11.4 Å². The zero-order valence-corrected chi connectivity index (χ0v) is 12.7. The van der Waals surface area contributed by atoms with Crippen LogP contribution in [-0.2, 0) is 0 Å². The van der Waals surface area contributed by atoms with Crippen molar-refractivity contribution in [2.45, 2.75) is 6.42 Å². The molecule has 0 bridgehead atoms. The van der Waals surface area contributed by atoms with E-state index < -0.39 is 0 Å². The molecule has 0 fully saturated rings. The van der Waals surface area contributed by atoms with Crippen molar-refractivity contribution in [3.8, 4) is 22.8 Å². The first-order chi connectivity index (χ1) is 11.4. The van der Waals surface area contributed by atoms with Gasteiger partial charge < -0.3 is 10.4 Å². The van der Waals surface area contributed by atoms with Crippen LogP contribution in [0, 0.1) is 0 Å². The second kappa shape index (κ2) is 7.47. The van der Waals surface area contributed by atoms with Gasteiger partial charge in [0, 0.05) is 31.0 Å². The van der Waals surface area contributed by atoms with E-state index in [9.17, 15) is 0 Å². The molecule has 0 atom stereocenters. The largest absolute Gasteiger partial charge is 0.396 e. The molecule has 0 aliphatic rings. The Hall–Kier alpha value is -2.79. The topological polar surface area (TPSA) is 70.9 Å². The highest BCUT2D eigenvalue weighted by Gasteiger charge is 2.09. The van der Waals surface area contributed by atoms with Crippen molar-refractivity contribution in [2.75, 3.05) is 18.5 Å². The Morgan fingerprint density at radius 1 is 0.913 bits per heavy atom. The molecule has 0 saturated heterocycles. The quantitative estimate of drug-likeness (QED) is 0.685. The van der Waals surface area contributed by atoms with E-state index in [1.54, 1.807) is 6.20 Å². The van der Waals surface area contributed by atoms with Crippen molar-refractivity contribution in [3.05, 3.63) is 60.8 Å². The van der Waals surface area contributed by atoms with Gasteiger partial charge in [0.2, 0.25) is 0 Å². The number of hydrogen-bond donors (Lipinski definition) is 2. The van der Waals surface area contributed by atoms with Crippen LogP contribution in [0.1, 0.15) is 6.42 Å². The van der Waals surface area contributed by atoms with Crippen LogP contribution in [0.4, 0.5) is 5.82 Å². The molecule has 2 aromatic heterocycles. The lowest BCUT2D eigenvalue weighted by molar-refractivity contribution is 0.292. The van der Waals surface area contributed by atoms with Gasteiger partial charge in [-0.25, -0.2) is 9.97 Å². The summed E-state index contributed by atoms with van der Waals surface area (Å²) in [4.78, 5) is 13.6. The second-order valence-electron chi connectivity index (χ2n) is 5.05. The van der Waals surface area contributed by atoms with Crippen molar-refractivity contribution in [1.82, 2.24) is 15.0 Å². The zero-order chi connectivity index (χ0) is 15.9. The molecule has 0 spiro atoms. The maximum absolute atomic E-state index is 8.93. The monoisotopic (exact) mass is 306 g/mol. The van der Waals surface area contributed by atoms with Crippen LogP contribution in [0.15, 0.2) is 60.8 Å². The number of hydrogen-bond acceptors (Lipinski definition) is 5. The SMILES string of the molecule is OCCCNc1cc(-c2ccccn2)nc(-c2ccccc2)n1.